The smallest absolute Gasteiger partial charge is 0.221 e. The lowest BCUT2D eigenvalue weighted by molar-refractivity contribution is -0.00804. The van der Waals surface area contributed by atoms with Crippen LogP contribution >= 0.6 is 0 Å². The van der Waals surface area contributed by atoms with E-state index >= 15 is 0 Å². The maximum absolute atomic E-state index is 11.2. The molecule has 2 aliphatic carbocycles. The topological polar surface area (TPSA) is 45.6 Å². The normalized spacial score (nSPS) is 26.5. The van der Waals surface area contributed by atoms with Gasteiger partial charge in [0.25, 0.3) is 0 Å². The first-order valence-electron chi connectivity index (χ1n) is 13.8. The van der Waals surface area contributed by atoms with Crippen LogP contribution in [0, 0.1) is 17.8 Å². The Morgan fingerprint density at radius 3 is 2.68 bits per heavy atom. The van der Waals surface area contributed by atoms with E-state index in [0.29, 0.717) is 18.2 Å². The van der Waals surface area contributed by atoms with Gasteiger partial charge in [-0.25, -0.2) is 0 Å². The van der Waals surface area contributed by atoms with Gasteiger partial charge in [0, 0.05) is 24.6 Å². The number of hydrogen-bond acceptors (Lipinski definition) is 4. The van der Waals surface area contributed by atoms with Crippen LogP contribution in [0.2, 0.25) is 0 Å². The predicted octanol–water partition coefficient (Wildman–Crippen LogP) is 6.46. The lowest BCUT2D eigenvalue weighted by Gasteiger charge is -2.52. The molecule has 2 fully saturated rings. The second kappa shape index (κ2) is 9.88. The van der Waals surface area contributed by atoms with E-state index < -0.39 is 5.60 Å². The van der Waals surface area contributed by atoms with E-state index in [2.05, 4.69) is 71.3 Å². The van der Waals surface area contributed by atoms with Gasteiger partial charge in [0.05, 0.1) is 0 Å². The predicted molar refractivity (Wildman–Crippen MR) is 148 cm³/mol. The molecule has 0 amide bonds. The van der Waals surface area contributed by atoms with Gasteiger partial charge in [-0.05, 0) is 99.1 Å². The summed E-state index contributed by atoms with van der Waals surface area (Å²) in [5.41, 5.74) is 3.28. The van der Waals surface area contributed by atoms with Crippen molar-refractivity contribution in [3.8, 4) is 23.5 Å². The summed E-state index contributed by atoms with van der Waals surface area (Å²) in [5.74, 6) is 9.01. The molecule has 0 radical (unpaired) electrons. The fraction of sp³-hybridized carbons (Fsp3) is 0.424. The van der Waals surface area contributed by atoms with Crippen molar-refractivity contribution in [1.29, 1.82) is 0 Å². The standard InChI is InChI=1S/C33H36N2O2/c1-2-17-32(36)18-19-33(23-25-9-4-3-5-10-25)27(24-32)14-13-26-22-28(15-16-29(26)33)37-31-12-8-11-30(34-31)35-20-6-7-21-35/h3-5,8-12,15-16,22,27,36H,6-7,13-14,18-21,23-24H2,1H3. The van der Waals surface area contributed by atoms with Crippen molar-refractivity contribution in [3.05, 3.63) is 83.4 Å². The summed E-state index contributed by atoms with van der Waals surface area (Å²) in [5, 5.41) is 11.2. The number of aromatic nitrogens is 1. The average Bonchev–Trinajstić information content (AvgIpc) is 3.45. The lowest BCUT2D eigenvalue weighted by Crippen LogP contribution is -2.50. The molecule has 4 nitrogen and oxygen atoms in total. The minimum absolute atomic E-state index is 0.00301. The van der Waals surface area contributed by atoms with Gasteiger partial charge in [0.15, 0.2) is 0 Å². The van der Waals surface area contributed by atoms with E-state index in [4.69, 9.17) is 9.72 Å². The largest absolute Gasteiger partial charge is 0.439 e. The number of aryl methyl sites for hydroxylation is 1. The quantitative estimate of drug-likeness (QED) is 0.416. The highest BCUT2D eigenvalue weighted by Gasteiger charge is 2.51. The molecule has 37 heavy (non-hydrogen) atoms. The second-order valence-electron chi connectivity index (χ2n) is 11.1. The lowest BCUT2D eigenvalue weighted by atomic mass is 9.52. The SMILES string of the molecule is CC#CC1(O)CCC2(Cc3ccccc3)c3ccc(Oc4cccc(N5CCCC5)n4)cc3CCC2C1. The second-order valence-corrected chi connectivity index (χ2v) is 11.1. The first-order chi connectivity index (χ1) is 18.1. The third-order valence-electron chi connectivity index (χ3n) is 8.81. The zero-order chi connectivity index (χ0) is 25.3. The maximum Gasteiger partial charge on any atom is 0.221 e. The van der Waals surface area contributed by atoms with E-state index in [1.807, 2.05) is 19.1 Å². The number of benzene rings is 2. The molecule has 2 heterocycles. The van der Waals surface area contributed by atoms with E-state index in [1.165, 1.54) is 29.5 Å². The molecular formula is C33H36N2O2. The fourth-order valence-corrected chi connectivity index (χ4v) is 7.07. The Labute approximate surface area is 220 Å². The molecule has 1 saturated carbocycles. The van der Waals surface area contributed by atoms with Gasteiger partial charge < -0.3 is 14.7 Å². The van der Waals surface area contributed by atoms with Gasteiger partial charge >= 0.3 is 0 Å². The summed E-state index contributed by atoms with van der Waals surface area (Å²) < 4.78 is 6.30. The molecule has 1 N–H and O–H groups in total. The highest BCUT2D eigenvalue weighted by molar-refractivity contribution is 5.47. The van der Waals surface area contributed by atoms with Crippen LogP contribution in [0.5, 0.6) is 11.6 Å². The van der Waals surface area contributed by atoms with Crippen molar-refractivity contribution in [3.63, 3.8) is 0 Å². The Bertz CT molecular complexity index is 1320. The Balaban J connectivity index is 1.31. The summed E-state index contributed by atoms with van der Waals surface area (Å²) in [6.45, 7) is 3.97. The fourth-order valence-electron chi connectivity index (χ4n) is 7.07. The highest BCUT2D eigenvalue weighted by Crippen LogP contribution is 2.54. The number of ether oxygens (including phenoxy) is 1. The number of nitrogens with zero attached hydrogens (tertiary/aromatic N) is 2. The van der Waals surface area contributed by atoms with Crippen LogP contribution in [0.1, 0.15) is 62.1 Å². The van der Waals surface area contributed by atoms with E-state index in [-0.39, 0.29) is 5.41 Å². The Morgan fingerprint density at radius 2 is 1.86 bits per heavy atom. The number of anilines is 1. The number of hydrogen-bond donors (Lipinski definition) is 1. The highest BCUT2D eigenvalue weighted by atomic mass is 16.5. The average molecular weight is 493 g/mol. The third kappa shape index (κ3) is 4.74. The number of fused-ring (bicyclic) bond motifs is 3. The summed E-state index contributed by atoms with van der Waals surface area (Å²) in [6.07, 6.45) is 7.88. The van der Waals surface area contributed by atoms with Gasteiger partial charge in [-0.1, -0.05) is 48.4 Å². The molecule has 2 aromatic carbocycles. The number of pyridine rings is 1. The molecule has 3 unspecified atom stereocenters. The van der Waals surface area contributed by atoms with Gasteiger partial charge in [-0.2, -0.15) is 4.98 Å². The minimum atomic E-state index is -0.869. The molecule has 1 saturated heterocycles. The molecule has 1 aliphatic heterocycles. The minimum Gasteiger partial charge on any atom is -0.439 e. The molecule has 0 spiro atoms. The first-order valence-corrected chi connectivity index (χ1v) is 13.8. The zero-order valence-corrected chi connectivity index (χ0v) is 21.7. The van der Waals surface area contributed by atoms with Crippen LogP contribution in [-0.2, 0) is 18.3 Å². The molecule has 1 aromatic heterocycles. The zero-order valence-electron chi connectivity index (χ0n) is 21.7. The van der Waals surface area contributed by atoms with Crippen LogP contribution in [0.3, 0.4) is 0 Å². The Morgan fingerprint density at radius 1 is 1.03 bits per heavy atom. The summed E-state index contributed by atoms with van der Waals surface area (Å²) in [4.78, 5) is 7.13. The van der Waals surface area contributed by atoms with E-state index in [1.54, 1.807) is 0 Å². The van der Waals surface area contributed by atoms with Crippen molar-refractivity contribution in [1.82, 2.24) is 4.98 Å². The molecule has 190 valence electrons. The summed E-state index contributed by atoms with van der Waals surface area (Å²) in [6, 6.07) is 23.5. The van der Waals surface area contributed by atoms with Crippen molar-refractivity contribution in [2.24, 2.45) is 5.92 Å². The van der Waals surface area contributed by atoms with Gasteiger partial charge in [0.2, 0.25) is 5.88 Å². The third-order valence-corrected chi connectivity index (χ3v) is 8.81. The number of aliphatic hydroxyl groups is 1. The van der Waals surface area contributed by atoms with E-state index in [9.17, 15) is 5.11 Å². The molecule has 0 bridgehead atoms. The monoisotopic (exact) mass is 492 g/mol. The molecule has 3 aliphatic rings. The van der Waals surface area contributed by atoms with Crippen molar-refractivity contribution < 1.29 is 9.84 Å². The number of rotatable bonds is 5. The van der Waals surface area contributed by atoms with Crippen LogP contribution < -0.4 is 9.64 Å². The molecule has 6 rings (SSSR count). The van der Waals surface area contributed by atoms with Crippen LogP contribution in [0.15, 0.2) is 66.7 Å². The molecule has 3 atom stereocenters. The van der Waals surface area contributed by atoms with Gasteiger partial charge in [0.1, 0.15) is 17.2 Å². The maximum atomic E-state index is 11.2. The van der Waals surface area contributed by atoms with Crippen LogP contribution in [0.25, 0.3) is 0 Å². The molecule has 4 heteroatoms. The van der Waals surface area contributed by atoms with Crippen molar-refractivity contribution >= 4 is 5.82 Å². The molecule has 3 aromatic rings. The Kier molecular flexibility index (Phi) is 6.42. The van der Waals surface area contributed by atoms with E-state index in [0.717, 1.165) is 56.8 Å². The Hall–Kier alpha value is -3.29. The van der Waals surface area contributed by atoms with Gasteiger partial charge in [-0.15, -0.1) is 5.92 Å². The van der Waals surface area contributed by atoms with Gasteiger partial charge in [-0.3, -0.25) is 0 Å². The van der Waals surface area contributed by atoms with Crippen molar-refractivity contribution in [2.45, 2.75) is 69.3 Å². The first kappa shape index (κ1) is 24.1. The van der Waals surface area contributed by atoms with Crippen LogP contribution in [0.4, 0.5) is 5.82 Å². The summed E-state index contributed by atoms with van der Waals surface area (Å²) >= 11 is 0. The summed E-state index contributed by atoms with van der Waals surface area (Å²) in [7, 11) is 0. The molecular weight excluding hydrogens is 456 g/mol. The van der Waals surface area contributed by atoms with Crippen LogP contribution in [-0.4, -0.2) is 28.8 Å². The van der Waals surface area contributed by atoms with Crippen molar-refractivity contribution in [2.75, 3.05) is 18.0 Å².